The highest BCUT2D eigenvalue weighted by Crippen LogP contribution is 2.10. The van der Waals surface area contributed by atoms with Gasteiger partial charge in [-0.3, -0.25) is 4.99 Å². The third-order valence-corrected chi connectivity index (χ3v) is 4.40. The summed E-state index contributed by atoms with van der Waals surface area (Å²) in [5.41, 5.74) is 1.07. The van der Waals surface area contributed by atoms with Gasteiger partial charge in [0.1, 0.15) is 5.76 Å². The number of nitrogens with one attached hydrogen (secondary N) is 1. The van der Waals surface area contributed by atoms with E-state index in [1.807, 2.05) is 33.0 Å². The molecule has 0 radical (unpaired) electrons. The first-order valence-electron chi connectivity index (χ1n) is 8.69. The summed E-state index contributed by atoms with van der Waals surface area (Å²) in [7, 11) is 2.04. The van der Waals surface area contributed by atoms with E-state index in [4.69, 9.17) is 14.1 Å². The average molecular weight is 365 g/mol. The van der Waals surface area contributed by atoms with Crippen molar-refractivity contribution >= 4 is 17.3 Å². The van der Waals surface area contributed by atoms with Crippen LogP contribution in [-0.2, 0) is 17.7 Å². The largest absolute Gasteiger partial charge is 0.469 e. The van der Waals surface area contributed by atoms with Crippen LogP contribution in [0.3, 0.4) is 0 Å². The summed E-state index contributed by atoms with van der Waals surface area (Å²) in [4.78, 5) is 11.4. The number of nitrogens with zero attached hydrogens (tertiary/aromatic N) is 3. The number of aliphatic imine (C=N–C) groups is 1. The Kier molecular flexibility index (Phi) is 8.48. The first-order chi connectivity index (χ1) is 12.2. The molecule has 0 bridgehead atoms. The maximum Gasteiger partial charge on any atom is 0.194 e. The highest BCUT2D eigenvalue weighted by atomic mass is 32.1. The second kappa shape index (κ2) is 10.9. The van der Waals surface area contributed by atoms with Crippen molar-refractivity contribution in [2.45, 2.75) is 33.2 Å². The summed E-state index contributed by atoms with van der Waals surface area (Å²) in [6, 6.07) is 3.90. The van der Waals surface area contributed by atoms with Crippen molar-refractivity contribution < 1.29 is 9.15 Å². The number of ether oxygens (including phenoxy) is 1. The normalized spacial score (nSPS) is 11.7. The number of rotatable bonds is 10. The monoisotopic (exact) mass is 364 g/mol. The molecule has 7 heteroatoms. The Bertz CT molecular complexity index is 625. The van der Waals surface area contributed by atoms with Crippen LogP contribution in [-0.4, -0.2) is 49.2 Å². The second-order valence-corrected chi connectivity index (χ2v) is 6.79. The van der Waals surface area contributed by atoms with E-state index in [1.54, 1.807) is 17.6 Å². The van der Waals surface area contributed by atoms with Crippen LogP contribution < -0.4 is 5.32 Å². The molecule has 0 spiro atoms. The van der Waals surface area contributed by atoms with E-state index in [0.717, 1.165) is 68.1 Å². The minimum Gasteiger partial charge on any atom is -0.469 e. The van der Waals surface area contributed by atoms with E-state index in [-0.39, 0.29) is 0 Å². The second-order valence-electron chi connectivity index (χ2n) is 5.73. The van der Waals surface area contributed by atoms with Crippen LogP contribution in [0.1, 0.15) is 29.8 Å². The lowest BCUT2D eigenvalue weighted by atomic mass is 10.3. The Morgan fingerprint density at radius 3 is 3.04 bits per heavy atom. The molecule has 2 rings (SSSR count). The van der Waals surface area contributed by atoms with Crippen molar-refractivity contribution in [1.82, 2.24) is 15.2 Å². The van der Waals surface area contributed by atoms with E-state index in [0.29, 0.717) is 0 Å². The molecule has 138 valence electrons. The minimum atomic E-state index is 0.738. The predicted octanol–water partition coefficient (Wildman–Crippen LogP) is 3.09. The molecule has 0 aromatic carbocycles. The lowest BCUT2D eigenvalue weighted by Gasteiger charge is -2.21. The van der Waals surface area contributed by atoms with Gasteiger partial charge in [-0.1, -0.05) is 0 Å². The summed E-state index contributed by atoms with van der Waals surface area (Å²) in [5, 5.41) is 6.61. The average Bonchev–Trinajstić information content (AvgIpc) is 3.24. The number of hydrogen-bond acceptors (Lipinski definition) is 5. The first kappa shape index (κ1) is 19.5. The molecule has 2 aromatic rings. The van der Waals surface area contributed by atoms with Crippen LogP contribution in [0.15, 0.2) is 33.2 Å². The Balaban J connectivity index is 1.88. The lowest BCUT2D eigenvalue weighted by molar-refractivity contribution is 0.146. The van der Waals surface area contributed by atoms with Crippen molar-refractivity contribution in [2.75, 3.05) is 33.4 Å². The zero-order valence-electron chi connectivity index (χ0n) is 15.3. The molecule has 0 aliphatic heterocycles. The van der Waals surface area contributed by atoms with Gasteiger partial charge in [0.15, 0.2) is 5.96 Å². The zero-order chi connectivity index (χ0) is 17.9. The van der Waals surface area contributed by atoms with Crippen LogP contribution in [0.4, 0.5) is 0 Å². The molecule has 0 atom stereocenters. The van der Waals surface area contributed by atoms with Gasteiger partial charge in [-0.05, 0) is 32.4 Å². The van der Waals surface area contributed by atoms with Crippen molar-refractivity contribution in [3.8, 4) is 0 Å². The van der Waals surface area contributed by atoms with Gasteiger partial charge in [0, 0.05) is 45.2 Å². The van der Waals surface area contributed by atoms with Crippen molar-refractivity contribution in [1.29, 1.82) is 0 Å². The molecule has 0 amide bonds. The molecule has 0 unspecified atom stereocenters. The molecular formula is C18H28N4O2S. The molecule has 2 aromatic heterocycles. The fraction of sp³-hybridized carbons (Fsp3) is 0.556. The van der Waals surface area contributed by atoms with E-state index in [1.165, 1.54) is 0 Å². The SMILES string of the molecule is CCOCCCN=C(NCCc1ccco1)N(C)Cc1csc(C)n1. The number of guanidine groups is 1. The Morgan fingerprint density at radius 1 is 1.48 bits per heavy atom. The van der Waals surface area contributed by atoms with Crippen molar-refractivity contribution in [3.63, 3.8) is 0 Å². The van der Waals surface area contributed by atoms with Gasteiger partial charge in [0.25, 0.3) is 0 Å². The molecule has 0 fully saturated rings. The summed E-state index contributed by atoms with van der Waals surface area (Å²) in [5.74, 6) is 1.86. The fourth-order valence-corrected chi connectivity index (χ4v) is 2.96. The quantitative estimate of drug-likeness (QED) is 0.399. The molecule has 0 aliphatic rings. The summed E-state index contributed by atoms with van der Waals surface area (Å²) in [6.07, 6.45) is 3.45. The van der Waals surface area contributed by atoms with Gasteiger partial charge in [0.05, 0.1) is 23.5 Å². The fourth-order valence-electron chi connectivity index (χ4n) is 2.36. The smallest absolute Gasteiger partial charge is 0.194 e. The third kappa shape index (κ3) is 7.27. The Hall–Kier alpha value is -1.86. The van der Waals surface area contributed by atoms with Crippen LogP contribution in [0.2, 0.25) is 0 Å². The van der Waals surface area contributed by atoms with Gasteiger partial charge in [-0.2, -0.15) is 0 Å². The standard InChI is InChI=1S/C18H28N4O2S/c1-4-23-11-6-9-19-18(20-10-8-17-7-5-12-24-17)22(3)13-16-14-25-15(2)21-16/h5,7,12,14H,4,6,8-11,13H2,1-3H3,(H,19,20). The van der Waals surface area contributed by atoms with Crippen LogP contribution in [0.5, 0.6) is 0 Å². The number of furan rings is 1. The minimum absolute atomic E-state index is 0.738. The van der Waals surface area contributed by atoms with Crippen molar-refractivity contribution in [3.05, 3.63) is 40.2 Å². The first-order valence-corrected chi connectivity index (χ1v) is 9.57. The van der Waals surface area contributed by atoms with E-state index < -0.39 is 0 Å². The third-order valence-electron chi connectivity index (χ3n) is 3.57. The van der Waals surface area contributed by atoms with Gasteiger partial charge in [-0.15, -0.1) is 11.3 Å². The Labute approximate surface area is 153 Å². The van der Waals surface area contributed by atoms with Gasteiger partial charge >= 0.3 is 0 Å². The van der Waals surface area contributed by atoms with E-state index in [2.05, 4.69) is 20.6 Å². The number of thiazole rings is 1. The number of hydrogen-bond donors (Lipinski definition) is 1. The summed E-state index contributed by atoms with van der Waals surface area (Å²) < 4.78 is 10.8. The van der Waals surface area contributed by atoms with Crippen LogP contribution >= 0.6 is 11.3 Å². The zero-order valence-corrected chi connectivity index (χ0v) is 16.1. The van der Waals surface area contributed by atoms with Gasteiger partial charge in [0.2, 0.25) is 0 Å². The van der Waals surface area contributed by atoms with Crippen LogP contribution in [0, 0.1) is 6.92 Å². The summed E-state index contributed by atoms with van der Waals surface area (Å²) >= 11 is 1.67. The number of aromatic nitrogens is 1. The molecule has 0 saturated heterocycles. The number of aryl methyl sites for hydroxylation is 1. The van der Waals surface area contributed by atoms with Crippen LogP contribution in [0.25, 0.3) is 0 Å². The maximum absolute atomic E-state index is 5.38. The molecule has 0 saturated carbocycles. The van der Waals surface area contributed by atoms with Gasteiger partial charge in [-0.25, -0.2) is 4.98 Å². The topological polar surface area (TPSA) is 62.9 Å². The van der Waals surface area contributed by atoms with Crippen molar-refractivity contribution in [2.24, 2.45) is 4.99 Å². The maximum atomic E-state index is 5.38. The molecule has 2 heterocycles. The molecule has 1 N–H and O–H groups in total. The Morgan fingerprint density at radius 2 is 2.36 bits per heavy atom. The molecular weight excluding hydrogens is 336 g/mol. The van der Waals surface area contributed by atoms with E-state index in [9.17, 15) is 0 Å². The van der Waals surface area contributed by atoms with Gasteiger partial charge < -0.3 is 19.4 Å². The van der Waals surface area contributed by atoms with E-state index >= 15 is 0 Å². The molecule has 0 aliphatic carbocycles. The lowest BCUT2D eigenvalue weighted by Crippen LogP contribution is -2.39. The predicted molar refractivity (Wildman–Crippen MR) is 102 cm³/mol. The molecule has 6 nitrogen and oxygen atoms in total. The molecule has 25 heavy (non-hydrogen) atoms. The highest BCUT2D eigenvalue weighted by Gasteiger charge is 2.09. The highest BCUT2D eigenvalue weighted by molar-refractivity contribution is 7.09. The summed E-state index contributed by atoms with van der Waals surface area (Å²) in [6.45, 7) is 7.78.